The van der Waals surface area contributed by atoms with Crippen LogP contribution in [0, 0.1) is 0 Å². The molecule has 0 N–H and O–H groups in total. The average molecular weight is 424 g/mol. The van der Waals surface area contributed by atoms with Crippen LogP contribution in [-0.4, -0.2) is 65.2 Å². The molecule has 0 aromatic carbocycles. The Morgan fingerprint density at radius 3 is 1.32 bits per heavy atom. The second kappa shape index (κ2) is 18.1. The average Bonchev–Trinajstić information content (AvgIpc) is 3.21. The maximum absolute atomic E-state index is 4.28. The van der Waals surface area contributed by atoms with E-state index in [1.54, 1.807) is 28.2 Å². The number of rotatable bonds is 7. The molecule has 0 saturated carbocycles. The first-order chi connectivity index (χ1) is 11.6. The molecule has 0 aliphatic heterocycles. The molecule has 0 unspecified atom stereocenters. The summed E-state index contributed by atoms with van der Waals surface area (Å²) in [5.74, 6) is 0. The van der Waals surface area contributed by atoms with Gasteiger partial charge in [-0.05, 0) is 14.1 Å². The Kier molecular flexibility index (Phi) is 19.2. The third-order valence-electron chi connectivity index (χ3n) is 2.96. The van der Waals surface area contributed by atoms with Gasteiger partial charge >= 0.3 is 26.2 Å². The Bertz CT molecular complexity index is 414. The van der Waals surface area contributed by atoms with Crippen LogP contribution in [0.15, 0.2) is 36.7 Å². The van der Waals surface area contributed by atoms with E-state index in [1.807, 2.05) is 24.5 Å². The maximum atomic E-state index is 4.28. The van der Waals surface area contributed by atoms with Crippen LogP contribution < -0.4 is 9.97 Å². The van der Waals surface area contributed by atoms with E-state index in [2.05, 4.69) is 56.6 Å². The van der Waals surface area contributed by atoms with Crippen molar-refractivity contribution < 1.29 is 26.2 Å². The van der Waals surface area contributed by atoms with Crippen molar-refractivity contribution in [1.82, 2.24) is 19.8 Å². The molecule has 2 aromatic rings. The van der Waals surface area contributed by atoms with E-state index in [0.29, 0.717) is 0 Å². The molecule has 7 heteroatoms. The smallest absolute Gasteiger partial charge is 0.668 e. The summed E-state index contributed by atoms with van der Waals surface area (Å²) in [5, 5.41) is 7.00. The molecule has 0 aliphatic carbocycles. The van der Waals surface area contributed by atoms with E-state index in [-0.39, 0.29) is 26.2 Å². The molecule has 2 aromatic heterocycles. The molecule has 2 rings (SSSR count). The topological polar surface area (TPSA) is 62.9 Å². The van der Waals surface area contributed by atoms with Crippen LogP contribution in [0.3, 0.4) is 0 Å². The predicted octanol–water partition coefficient (Wildman–Crippen LogP) is 2.40. The van der Waals surface area contributed by atoms with Crippen molar-refractivity contribution in [2.75, 3.05) is 55.4 Å². The van der Waals surface area contributed by atoms with Crippen molar-refractivity contribution >= 4 is 0 Å². The molecule has 0 bridgehead atoms. The summed E-state index contributed by atoms with van der Waals surface area (Å²) in [6.45, 7) is 3.89. The third-order valence-corrected chi connectivity index (χ3v) is 2.96. The zero-order valence-electron chi connectivity index (χ0n) is 16.5. The fourth-order valence-electron chi connectivity index (χ4n) is 1.91. The van der Waals surface area contributed by atoms with E-state index >= 15 is 0 Å². The molecular weight excluding hydrogens is 391 g/mol. The van der Waals surface area contributed by atoms with Crippen molar-refractivity contribution in [3.05, 3.63) is 58.7 Å². The largest absolute Gasteiger partial charge is 4.00 e. The van der Waals surface area contributed by atoms with Gasteiger partial charge in [0.05, 0.1) is 0 Å². The van der Waals surface area contributed by atoms with Gasteiger partial charge in [0.2, 0.25) is 0 Å². The zero-order chi connectivity index (χ0) is 18.2. The van der Waals surface area contributed by atoms with Gasteiger partial charge in [-0.1, -0.05) is 24.3 Å². The molecule has 0 aliphatic rings. The summed E-state index contributed by atoms with van der Waals surface area (Å²) < 4.78 is 0. The summed E-state index contributed by atoms with van der Waals surface area (Å²) in [4.78, 5) is 13.1. The Hall–Kier alpha value is -0.717. The Morgan fingerprint density at radius 2 is 1.08 bits per heavy atom. The molecule has 0 radical (unpaired) electrons. The summed E-state index contributed by atoms with van der Waals surface area (Å²) >= 11 is 0. The van der Waals surface area contributed by atoms with E-state index in [9.17, 15) is 0 Å². The van der Waals surface area contributed by atoms with Gasteiger partial charge in [0.15, 0.2) is 0 Å². The summed E-state index contributed by atoms with van der Waals surface area (Å²) in [6.07, 6.45) is 3.69. The van der Waals surface area contributed by atoms with Crippen LogP contribution >= 0.6 is 0 Å². The Labute approximate surface area is 172 Å². The number of aromatic nitrogens is 2. The van der Waals surface area contributed by atoms with Crippen LogP contribution in [0.4, 0.5) is 0 Å². The number of hydrogen-bond acceptors (Lipinski definition) is 2. The van der Waals surface area contributed by atoms with Crippen LogP contribution in [0.5, 0.6) is 0 Å². The van der Waals surface area contributed by atoms with Gasteiger partial charge in [0, 0.05) is 26.2 Å². The summed E-state index contributed by atoms with van der Waals surface area (Å²) in [5.41, 5.74) is 2.27. The van der Waals surface area contributed by atoms with Gasteiger partial charge in [-0.3, -0.25) is 0 Å². The number of likely N-dealkylation sites (N-methyl/N-ethyl adjacent to an activating group) is 2. The fourth-order valence-corrected chi connectivity index (χ4v) is 1.91. The van der Waals surface area contributed by atoms with E-state index in [1.165, 1.54) is 0 Å². The van der Waals surface area contributed by atoms with Gasteiger partial charge in [-0.2, -0.15) is 40.6 Å². The van der Waals surface area contributed by atoms with E-state index < -0.39 is 0 Å². The van der Waals surface area contributed by atoms with Gasteiger partial charge in [0.25, 0.3) is 0 Å². The minimum atomic E-state index is 0. The molecule has 25 heavy (non-hydrogen) atoms. The van der Waals surface area contributed by atoms with Gasteiger partial charge < -0.3 is 30.4 Å². The number of hydrogen-bond donors (Lipinski definition) is 0. The first-order valence-corrected chi connectivity index (χ1v) is 8.03. The molecule has 2 heterocycles. The second-order valence-electron chi connectivity index (χ2n) is 5.63. The van der Waals surface area contributed by atoms with Crippen LogP contribution in [0.2, 0.25) is 0 Å². The van der Waals surface area contributed by atoms with Crippen molar-refractivity contribution in [1.29, 1.82) is 0 Å². The van der Waals surface area contributed by atoms with Crippen LogP contribution in [0.25, 0.3) is 10.6 Å². The molecule has 138 valence electrons. The zero-order valence-corrected chi connectivity index (χ0v) is 18.9. The maximum Gasteiger partial charge on any atom is 4.00 e. The van der Waals surface area contributed by atoms with Crippen LogP contribution in [-0.2, 0) is 39.3 Å². The first kappa shape index (κ1) is 26.5. The second-order valence-corrected chi connectivity index (χ2v) is 5.63. The van der Waals surface area contributed by atoms with Gasteiger partial charge in [-0.25, -0.2) is 0 Å². The molecule has 0 fully saturated rings. The van der Waals surface area contributed by atoms with Crippen molar-refractivity contribution in [3.8, 4) is 0 Å². The van der Waals surface area contributed by atoms with Crippen molar-refractivity contribution in [3.63, 3.8) is 0 Å². The van der Waals surface area contributed by atoms with Gasteiger partial charge in [-0.15, -0.1) is 11.4 Å². The monoisotopic (exact) mass is 422 g/mol. The first-order valence-electron chi connectivity index (χ1n) is 8.03. The SMILES string of the molecule is CN(CCN(C)Cc1ccc[n-]1)Cc1ccc[n-]1.C[N-]C.C[N-]C.[Zr+4]. The van der Waals surface area contributed by atoms with Crippen molar-refractivity contribution in [2.45, 2.75) is 13.1 Å². The third kappa shape index (κ3) is 15.3. The summed E-state index contributed by atoms with van der Waals surface area (Å²) in [6, 6.07) is 8.09. The fraction of sp³-hybridized carbons (Fsp3) is 0.556. The molecule has 0 spiro atoms. The molecule has 0 saturated heterocycles. The Balaban J connectivity index is 0. The molecule has 0 amide bonds. The van der Waals surface area contributed by atoms with Crippen molar-refractivity contribution in [2.24, 2.45) is 0 Å². The number of nitrogens with zero attached hydrogens (tertiary/aromatic N) is 6. The molecular formula is C18H32N6Zr. The standard InChI is InChI=1S/C14H20N4.2C2H6N.Zr/c1-17(11-13-5-3-7-15-13)9-10-18(2)12-14-6-4-8-16-14;2*1-3-2;/h3-8H,9-12H2,1-2H3;2*1-2H3;/q-2;2*-1;+4. The molecule has 0 atom stereocenters. The van der Waals surface area contributed by atoms with E-state index in [0.717, 1.165) is 37.6 Å². The minimum absolute atomic E-state index is 0. The van der Waals surface area contributed by atoms with E-state index in [4.69, 9.17) is 0 Å². The van der Waals surface area contributed by atoms with Crippen LogP contribution in [0.1, 0.15) is 11.4 Å². The normalized spacial score (nSPS) is 9.76. The summed E-state index contributed by atoms with van der Waals surface area (Å²) in [7, 11) is 11.3. The molecule has 6 nitrogen and oxygen atoms in total. The predicted molar refractivity (Wildman–Crippen MR) is 103 cm³/mol. The Morgan fingerprint density at radius 1 is 0.760 bits per heavy atom. The minimum Gasteiger partial charge on any atom is -0.668 e. The quantitative estimate of drug-likeness (QED) is 0.686. The van der Waals surface area contributed by atoms with Gasteiger partial charge in [0.1, 0.15) is 0 Å².